The summed E-state index contributed by atoms with van der Waals surface area (Å²) in [6.07, 6.45) is 1.92. The number of benzene rings is 3. The zero-order valence-electron chi connectivity index (χ0n) is 16.9. The summed E-state index contributed by atoms with van der Waals surface area (Å²) in [7, 11) is 3.72. The summed E-state index contributed by atoms with van der Waals surface area (Å²) in [5, 5.41) is 11.1. The molecule has 29 heavy (non-hydrogen) atoms. The van der Waals surface area contributed by atoms with Crippen LogP contribution in [0.1, 0.15) is 25.0 Å². The van der Waals surface area contributed by atoms with Crippen molar-refractivity contribution in [3.05, 3.63) is 59.7 Å². The fourth-order valence-corrected chi connectivity index (χ4v) is 4.59. The molecule has 0 radical (unpaired) electrons. The molecule has 1 unspecified atom stereocenters. The van der Waals surface area contributed by atoms with E-state index in [0.29, 0.717) is 5.56 Å². The van der Waals surface area contributed by atoms with Gasteiger partial charge in [-0.3, -0.25) is 4.99 Å². The number of hydrogen-bond donors (Lipinski definition) is 0. The lowest BCUT2D eigenvalue weighted by atomic mass is 9.77. The molecular weight excluding hydrogens is 362 g/mol. The van der Waals surface area contributed by atoms with Gasteiger partial charge in [0.15, 0.2) is 0 Å². The van der Waals surface area contributed by atoms with Gasteiger partial charge in [-0.05, 0) is 61.2 Å². The molecule has 2 aliphatic rings. The minimum Gasteiger partial charge on any atom is -0.497 e. The van der Waals surface area contributed by atoms with Gasteiger partial charge in [-0.25, -0.2) is 0 Å². The second-order valence-corrected chi connectivity index (χ2v) is 8.08. The lowest BCUT2D eigenvalue weighted by Gasteiger charge is -2.45. The maximum absolute atomic E-state index is 9.17. The molecule has 0 saturated carbocycles. The molecule has 0 fully saturated rings. The molecule has 144 valence electrons. The van der Waals surface area contributed by atoms with Crippen LogP contribution in [0.2, 0.25) is 0 Å². The van der Waals surface area contributed by atoms with Crippen LogP contribution in [0.4, 0.5) is 11.4 Å². The van der Waals surface area contributed by atoms with Crippen molar-refractivity contribution in [2.45, 2.75) is 25.0 Å². The predicted octanol–water partition coefficient (Wildman–Crippen LogP) is 4.94. The van der Waals surface area contributed by atoms with Gasteiger partial charge in [-0.2, -0.15) is 5.26 Å². The Bertz CT molecular complexity index is 1240. The second kappa shape index (κ2) is 5.74. The number of hydrogen-bond acceptors (Lipinski definition) is 5. The van der Waals surface area contributed by atoms with Crippen molar-refractivity contribution in [2.24, 2.45) is 4.99 Å². The maximum atomic E-state index is 9.17. The van der Waals surface area contributed by atoms with Crippen LogP contribution in [0.5, 0.6) is 11.5 Å². The molecule has 1 spiro atoms. The molecule has 0 aromatic heterocycles. The molecule has 3 aromatic carbocycles. The zero-order chi connectivity index (χ0) is 20.4. The first-order valence-electron chi connectivity index (χ1n) is 9.55. The molecule has 2 aliphatic heterocycles. The lowest BCUT2D eigenvalue weighted by molar-refractivity contribution is 0.0826. The highest BCUT2D eigenvalue weighted by Gasteiger charge is 2.58. The molecule has 1 atom stereocenters. The first-order chi connectivity index (χ1) is 13.9. The van der Waals surface area contributed by atoms with Crippen LogP contribution in [0.15, 0.2) is 53.5 Å². The molecule has 5 rings (SSSR count). The average molecular weight is 383 g/mol. The van der Waals surface area contributed by atoms with Crippen molar-refractivity contribution >= 4 is 28.4 Å². The Morgan fingerprint density at radius 2 is 1.93 bits per heavy atom. The van der Waals surface area contributed by atoms with E-state index in [9.17, 15) is 0 Å². The highest BCUT2D eigenvalue weighted by atomic mass is 16.5. The number of fused-ring (bicyclic) bond motifs is 4. The van der Waals surface area contributed by atoms with E-state index in [1.807, 2.05) is 49.7 Å². The number of aliphatic imine (C=N–C) groups is 1. The van der Waals surface area contributed by atoms with Gasteiger partial charge in [-0.1, -0.05) is 12.1 Å². The van der Waals surface area contributed by atoms with Crippen LogP contribution >= 0.6 is 0 Å². The number of likely N-dealkylation sites (N-methyl/N-ethyl adjacent to an activating group) is 1. The van der Waals surface area contributed by atoms with E-state index in [4.69, 9.17) is 19.7 Å². The molecule has 0 saturated heterocycles. The molecule has 0 amide bonds. The van der Waals surface area contributed by atoms with Gasteiger partial charge < -0.3 is 14.4 Å². The molecule has 3 aromatic rings. The van der Waals surface area contributed by atoms with E-state index < -0.39 is 5.72 Å². The van der Waals surface area contributed by atoms with Crippen LogP contribution in [0, 0.1) is 11.3 Å². The fourth-order valence-electron chi connectivity index (χ4n) is 4.59. The van der Waals surface area contributed by atoms with Crippen LogP contribution in [-0.4, -0.2) is 26.1 Å². The highest BCUT2D eigenvalue weighted by molar-refractivity contribution is 6.00. The largest absolute Gasteiger partial charge is 0.497 e. The topological polar surface area (TPSA) is 57.9 Å². The summed E-state index contributed by atoms with van der Waals surface area (Å²) in [6, 6.07) is 17.9. The van der Waals surface area contributed by atoms with Crippen LogP contribution < -0.4 is 14.4 Å². The first kappa shape index (κ1) is 17.6. The number of ether oxygens (including phenoxy) is 2. The second-order valence-electron chi connectivity index (χ2n) is 8.08. The third kappa shape index (κ3) is 2.17. The zero-order valence-corrected chi connectivity index (χ0v) is 16.9. The summed E-state index contributed by atoms with van der Waals surface area (Å²) in [6.45, 7) is 4.35. The van der Waals surface area contributed by atoms with Crippen LogP contribution in [0.3, 0.4) is 0 Å². The molecule has 0 N–H and O–H groups in total. The molecule has 5 heteroatoms. The Morgan fingerprint density at radius 3 is 2.69 bits per heavy atom. The lowest BCUT2D eigenvalue weighted by Crippen LogP contribution is -2.61. The normalized spacial score (nSPS) is 20.9. The number of anilines is 1. The standard InChI is InChI=1S/C24H21N3O2/c1-23(2)19-12-17(28-4)7-9-20(19)27(3)24(23)14-26-22-18-8-5-15(13-25)11-16(18)6-10-21(22)29-24/h5-12,14H,1-4H3. The van der Waals surface area contributed by atoms with E-state index in [1.54, 1.807) is 7.11 Å². The van der Waals surface area contributed by atoms with Crippen molar-refractivity contribution in [3.63, 3.8) is 0 Å². The maximum Gasteiger partial charge on any atom is 0.228 e. The minimum atomic E-state index is -0.741. The van der Waals surface area contributed by atoms with Crippen molar-refractivity contribution in [1.29, 1.82) is 5.26 Å². The summed E-state index contributed by atoms with van der Waals surface area (Å²) in [5.41, 5.74) is 2.60. The molecule has 0 bridgehead atoms. The van der Waals surface area contributed by atoms with Gasteiger partial charge in [0, 0.05) is 18.1 Å². The van der Waals surface area contributed by atoms with Gasteiger partial charge in [-0.15, -0.1) is 0 Å². The Balaban J connectivity index is 1.66. The molecule has 5 nitrogen and oxygen atoms in total. The number of nitrogens with zero attached hydrogens (tertiary/aromatic N) is 3. The Kier molecular flexibility index (Phi) is 3.48. The monoisotopic (exact) mass is 383 g/mol. The smallest absolute Gasteiger partial charge is 0.228 e. The van der Waals surface area contributed by atoms with Gasteiger partial charge in [0.1, 0.15) is 17.2 Å². The quantitative estimate of drug-likeness (QED) is 0.597. The first-order valence-corrected chi connectivity index (χ1v) is 9.55. The number of methoxy groups -OCH3 is 1. The number of rotatable bonds is 1. The fraction of sp³-hybridized carbons (Fsp3) is 0.250. The van der Waals surface area contributed by atoms with Crippen LogP contribution in [0.25, 0.3) is 10.8 Å². The number of nitriles is 1. The molecule has 0 aliphatic carbocycles. The van der Waals surface area contributed by atoms with E-state index in [1.165, 1.54) is 0 Å². The predicted molar refractivity (Wildman–Crippen MR) is 115 cm³/mol. The molecular formula is C24H21N3O2. The Morgan fingerprint density at radius 1 is 1.10 bits per heavy atom. The van der Waals surface area contributed by atoms with E-state index in [2.05, 4.69) is 36.9 Å². The third-order valence-corrected chi connectivity index (χ3v) is 6.35. The van der Waals surface area contributed by atoms with E-state index in [-0.39, 0.29) is 5.41 Å². The summed E-state index contributed by atoms with van der Waals surface area (Å²) >= 11 is 0. The average Bonchev–Trinajstić information content (AvgIpc) is 2.91. The van der Waals surface area contributed by atoms with Crippen molar-refractivity contribution < 1.29 is 9.47 Å². The van der Waals surface area contributed by atoms with Gasteiger partial charge in [0.05, 0.1) is 30.4 Å². The van der Waals surface area contributed by atoms with Gasteiger partial charge >= 0.3 is 0 Å². The summed E-state index contributed by atoms with van der Waals surface area (Å²) in [5.74, 6) is 1.57. The van der Waals surface area contributed by atoms with Crippen molar-refractivity contribution in [1.82, 2.24) is 0 Å². The third-order valence-electron chi connectivity index (χ3n) is 6.35. The van der Waals surface area contributed by atoms with Crippen molar-refractivity contribution in [3.8, 4) is 17.6 Å². The van der Waals surface area contributed by atoms with Gasteiger partial charge in [0.2, 0.25) is 5.72 Å². The van der Waals surface area contributed by atoms with Gasteiger partial charge in [0.25, 0.3) is 0 Å². The summed E-state index contributed by atoms with van der Waals surface area (Å²) < 4.78 is 12.2. The van der Waals surface area contributed by atoms with Crippen LogP contribution in [-0.2, 0) is 5.41 Å². The SMILES string of the molecule is COc1ccc2c(c1)C(C)(C)C1(C=Nc3c(ccc4cc(C#N)ccc34)O1)N2C. The molecule has 2 heterocycles. The van der Waals surface area contributed by atoms with E-state index >= 15 is 0 Å². The minimum absolute atomic E-state index is 0.355. The summed E-state index contributed by atoms with van der Waals surface area (Å²) in [4.78, 5) is 7.03. The van der Waals surface area contributed by atoms with E-state index in [0.717, 1.165) is 39.2 Å². The Labute approximate surface area is 169 Å². The highest BCUT2D eigenvalue weighted by Crippen LogP contribution is 2.54. The Hall–Kier alpha value is -3.52. The van der Waals surface area contributed by atoms with Crippen molar-refractivity contribution in [2.75, 3.05) is 19.1 Å².